The molecule has 25 heavy (non-hydrogen) atoms. The molecule has 0 aliphatic carbocycles. The van der Waals surface area contributed by atoms with Crippen molar-refractivity contribution < 1.29 is 23.5 Å². The molecule has 136 valence electrons. The zero-order valence-corrected chi connectivity index (χ0v) is 16.9. The first-order valence-corrected chi connectivity index (χ1v) is 10.8. The summed E-state index contributed by atoms with van der Waals surface area (Å²) in [6.45, 7) is 10.9. The third-order valence-electron chi connectivity index (χ3n) is 4.29. The number of hydrogen-bond acceptors (Lipinski definition) is 4. The van der Waals surface area contributed by atoms with Gasteiger partial charge < -0.3 is 19.4 Å². The fourth-order valence-electron chi connectivity index (χ4n) is 1.72. The van der Waals surface area contributed by atoms with Crippen LogP contribution in [0, 0.1) is 0 Å². The molecular weight excluding hydrogens is 336 g/mol. The highest BCUT2D eigenvalue weighted by molar-refractivity contribution is 6.74. The Morgan fingerprint density at radius 2 is 1.84 bits per heavy atom. The summed E-state index contributed by atoms with van der Waals surface area (Å²) in [6, 6.07) is 5.48. The summed E-state index contributed by atoms with van der Waals surface area (Å²) in [5, 5.41) is 0.0730. The van der Waals surface area contributed by atoms with Crippen LogP contribution < -0.4 is 9.16 Å². The Kier molecular flexibility index (Phi) is 6.73. The number of benzene rings is 1. The van der Waals surface area contributed by atoms with Crippen LogP contribution in [0.15, 0.2) is 24.3 Å². The summed E-state index contributed by atoms with van der Waals surface area (Å²) in [5.74, 6) is 0.575. The van der Waals surface area contributed by atoms with Crippen LogP contribution in [0.2, 0.25) is 18.1 Å². The maximum absolute atomic E-state index is 11.4. The minimum Gasteiger partial charge on any atom is -0.541 e. The summed E-state index contributed by atoms with van der Waals surface area (Å²) in [6.07, 6.45) is 3.00. The van der Waals surface area contributed by atoms with Crippen molar-refractivity contribution in [1.29, 1.82) is 0 Å². The molecule has 0 amide bonds. The number of rotatable bonds is 6. The Morgan fingerprint density at radius 1 is 1.20 bits per heavy atom. The highest BCUT2D eigenvalue weighted by Gasteiger charge is 2.39. The van der Waals surface area contributed by atoms with Gasteiger partial charge in [0.15, 0.2) is 5.75 Å². The molecule has 1 aromatic carbocycles. The molecule has 7 heteroatoms. The fourth-order valence-corrected chi connectivity index (χ4v) is 2.75. The van der Waals surface area contributed by atoms with Gasteiger partial charge in [-0.05, 0) is 41.9 Å². The van der Waals surface area contributed by atoms with Gasteiger partial charge >= 0.3 is 11.7 Å². The molecular formula is C18H26N2O4Si. The molecule has 0 spiro atoms. The smallest absolute Gasteiger partial charge is 0.421 e. The maximum Gasteiger partial charge on any atom is 0.421 e. The second kappa shape index (κ2) is 8.14. The van der Waals surface area contributed by atoms with Crippen molar-refractivity contribution in [3.05, 3.63) is 35.4 Å². The van der Waals surface area contributed by atoms with Crippen molar-refractivity contribution in [3.8, 4) is 11.5 Å². The molecule has 0 aromatic heterocycles. The predicted octanol–water partition coefficient (Wildman–Crippen LogP) is 3.94. The SMILES string of the molecule is COC(=O)C(/C=C/c1ccc(O[Si](C)(C)C(C)(C)C)c(OC)c1)=[N+]=[N-]. The van der Waals surface area contributed by atoms with Crippen molar-refractivity contribution in [2.45, 2.75) is 38.9 Å². The van der Waals surface area contributed by atoms with Crippen LogP contribution >= 0.6 is 0 Å². The number of hydrogen-bond donors (Lipinski definition) is 0. The van der Waals surface area contributed by atoms with Crippen molar-refractivity contribution in [3.63, 3.8) is 0 Å². The molecule has 0 heterocycles. The molecule has 0 aliphatic rings. The lowest BCUT2D eigenvalue weighted by molar-refractivity contribution is -0.137. The molecule has 0 fully saturated rings. The molecule has 0 N–H and O–H groups in total. The second-order valence-corrected chi connectivity index (χ2v) is 11.8. The van der Waals surface area contributed by atoms with E-state index in [9.17, 15) is 4.79 Å². The largest absolute Gasteiger partial charge is 0.541 e. The topological polar surface area (TPSA) is 81.2 Å². The third-order valence-corrected chi connectivity index (χ3v) is 8.64. The maximum atomic E-state index is 11.4. The summed E-state index contributed by atoms with van der Waals surface area (Å²) >= 11 is 0. The number of carbonyl (C=O) groups is 1. The van der Waals surface area contributed by atoms with Crippen molar-refractivity contribution in [1.82, 2.24) is 0 Å². The van der Waals surface area contributed by atoms with E-state index >= 15 is 0 Å². The Balaban J connectivity index is 3.11. The minimum atomic E-state index is -1.98. The van der Waals surface area contributed by atoms with E-state index in [1.807, 2.05) is 12.1 Å². The summed E-state index contributed by atoms with van der Waals surface area (Å²) in [4.78, 5) is 14.3. The minimum absolute atomic E-state index is 0.0730. The van der Waals surface area contributed by atoms with Crippen LogP contribution in [0.3, 0.4) is 0 Å². The van der Waals surface area contributed by atoms with Gasteiger partial charge in [-0.25, -0.2) is 4.79 Å². The normalized spacial score (nSPS) is 11.8. The van der Waals surface area contributed by atoms with Gasteiger partial charge in [0.25, 0.3) is 8.32 Å². The summed E-state index contributed by atoms with van der Waals surface area (Å²) in [7, 11) is 0.815. The Bertz CT molecular complexity index is 714. The molecule has 0 saturated heterocycles. The Hall–Kier alpha value is -2.37. The van der Waals surface area contributed by atoms with Gasteiger partial charge in [-0.3, -0.25) is 0 Å². The van der Waals surface area contributed by atoms with E-state index in [0.29, 0.717) is 11.5 Å². The van der Waals surface area contributed by atoms with Crippen LogP contribution in [0.25, 0.3) is 11.6 Å². The van der Waals surface area contributed by atoms with Gasteiger partial charge in [0.1, 0.15) is 5.75 Å². The van der Waals surface area contributed by atoms with Gasteiger partial charge in [-0.15, -0.1) is 0 Å². The number of methoxy groups -OCH3 is 2. The first kappa shape index (κ1) is 20.7. The van der Waals surface area contributed by atoms with Crippen LogP contribution in [0.4, 0.5) is 0 Å². The molecule has 6 nitrogen and oxygen atoms in total. The zero-order valence-electron chi connectivity index (χ0n) is 15.9. The van der Waals surface area contributed by atoms with E-state index in [1.54, 1.807) is 19.3 Å². The summed E-state index contributed by atoms with van der Waals surface area (Å²) < 4.78 is 16.3. The molecule has 0 radical (unpaired) electrons. The molecule has 1 rings (SSSR count). The number of esters is 1. The molecule has 1 aromatic rings. The zero-order chi connectivity index (χ0) is 19.3. The third kappa shape index (κ3) is 5.31. The number of carbonyl (C=O) groups excluding carboxylic acids is 1. The van der Waals surface area contributed by atoms with E-state index in [4.69, 9.17) is 14.7 Å². The van der Waals surface area contributed by atoms with Crippen LogP contribution in [0.5, 0.6) is 11.5 Å². The Labute approximate surface area is 150 Å². The van der Waals surface area contributed by atoms with Gasteiger partial charge in [-0.1, -0.05) is 26.8 Å². The van der Waals surface area contributed by atoms with Gasteiger partial charge in [-0.2, -0.15) is 4.79 Å². The van der Waals surface area contributed by atoms with Crippen molar-refractivity contribution in [2.75, 3.05) is 14.2 Å². The van der Waals surface area contributed by atoms with E-state index in [-0.39, 0.29) is 10.7 Å². The standard InChI is InChI=1S/C18H26N2O4Si/c1-18(2,3)25(6,7)24-15-11-9-13(12-16(15)22-4)8-10-14(20-19)17(21)23-5/h8-12H,1-7H3/b10-8+. The van der Waals surface area contributed by atoms with E-state index in [1.165, 1.54) is 13.2 Å². The highest BCUT2D eigenvalue weighted by atomic mass is 28.4. The first-order valence-electron chi connectivity index (χ1n) is 7.91. The van der Waals surface area contributed by atoms with Gasteiger partial charge in [0, 0.05) is 6.08 Å². The number of nitrogens with zero attached hydrogens (tertiary/aromatic N) is 2. The highest BCUT2D eigenvalue weighted by Crippen LogP contribution is 2.40. The van der Waals surface area contributed by atoms with Crippen molar-refractivity contribution in [2.24, 2.45) is 0 Å². The molecule has 0 atom stereocenters. The van der Waals surface area contributed by atoms with E-state index in [2.05, 4.69) is 43.4 Å². The molecule has 0 bridgehead atoms. The van der Waals surface area contributed by atoms with Crippen LogP contribution in [-0.4, -0.2) is 39.0 Å². The lowest BCUT2D eigenvalue weighted by Gasteiger charge is -2.36. The monoisotopic (exact) mass is 362 g/mol. The average Bonchev–Trinajstić information content (AvgIpc) is 2.54. The Morgan fingerprint density at radius 3 is 2.32 bits per heavy atom. The predicted molar refractivity (Wildman–Crippen MR) is 100 cm³/mol. The van der Waals surface area contributed by atoms with Crippen LogP contribution in [0.1, 0.15) is 26.3 Å². The molecule has 0 saturated carbocycles. The van der Waals surface area contributed by atoms with Gasteiger partial charge in [0.2, 0.25) is 0 Å². The van der Waals surface area contributed by atoms with Gasteiger partial charge in [0.05, 0.1) is 14.2 Å². The van der Waals surface area contributed by atoms with E-state index < -0.39 is 14.3 Å². The van der Waals surface area contributed by atoms with Crippen molar-refractivity contribution >= 4 is 26.1 Å². The van der Waals surface area contributed by atoms with Crippen LogP contribution in [-0.2, 0) is 9.53 Å². The first-order chi connectivity index (χ1) is 11.6. The number of ether oxygens (including phenoxy) is 2. The van der Waals surface area contributed by atoms with E-state index in [0.717, 1.165) is 5.56 Å². The molecule has 0 aliphatic heterocycles. The quantitative estimate of drug-likeness (QED) is 0.252. The fraction of sp³-hybridized carbons (Fsp3) is 0.444. The average molecular weight is 363 g/mol. The second-order valence-electron chi connectivity index (χ2n) is 7.08. The lowest BCUT2D eigenvalue weighted by atomic mass is 10.1. The summed E-state index contributed by atoms with van der Waals surface area (Å²) in [5.41, 5.74) is 9.43. The lowest BCUT2D eigenvalue weighted by Crippen LogP contribution is -2.43. The molecule has 0 unspecified atom stereocenters.